The second kappa shape index (κ2) is 28.1. The van der Waals surface area contributed by atoms with Gasteiger partial charge in [-0.05, 0) is 208 Å². The number of hydrogen-bond donors (Lipinski definition) is 9. The lowest BCUT2D eigenvalue weighted by molar-refractivity contribution is -0.127. The zero-order valence-electron chi connectivity index (χ0n) is 57.6. The van der Waals surface area contributed by atoms with Crippen molar-refractivity contribution in [1.29, 1.82) is 0 Å². The molecule has 12 heterocycles. The maximum atomic E-state index is 16.4. The molecule has 12 atom stereocenters. The first-order valence-electron chi connectivity index (χ1n) is 37.0. The van der Waals surface area contributed by atoms with Crippen LogP contribution in [0.1, 0.15) is 187 Å². The minimum atomic E-state index is -1.21. The Balaban J connectivity index is 0.943. The molecule has 8 aromatic rings. The van der Waals surface area contributed by atoms with Crippen molar-refractivity contribution in [1.82, 2.24) is 5.32 Å². The SMILES string of the molecule is CC(C)Cc1cc2c3c(c1O)Cc1cccc(c1)C1NC4CSSCC(C(=O)C5(CCCCC5)c5ccc(c(O)c5)CC56SSCCCC(O)C7CC(c8c(cc9c%10c(ccc5c8%10)CC(CCCO)C9CCO)-c5c(O)cc8oc-2c(O)c(=O)c8c5O7)C6O)c2cccc(c2)CC4CC1SSC3. The van der Waals surface area contributed by atoms with Gasteiger partial charge in [0.05, 0.1) is 33.9 Å². The molecule has 102 heavy (non-hydrogen) atoms. The lowest BCUT2D eigenvalue weighted by Gasteiger charge is -2.49. The molecule has 21 bridgehead atoms. The normalized spacial score (nSPS) is 28.0. The number of benzene rings is 7. The molecule has 22 rings (SSSR count). The first-order chi connectivity index (χ1) is 49.5. The molecule has 1 saturated carbocycles. The number of fused-ring (bicyclic) bond motifs is 4. The van der Waals surface area contributed by atoms with E-state index in [-0.39, 0.29) is 118 Å². The van der Waals surface area contributed by atoms with Gasteiger partial charge >= 0.3 is 0 Å². The van der Waals surface area contributed by atoms with E-state index in [4.69, 9.17) is 9.15 Å². The number of phenols is 3. The summed E-state index contributed by atoms with van der Waals surface area (Å²) in [5.41, 5.74) is 10.8. The number of ether oxygens (including phenoxy) is 1. The van der Waals surface area contributed by atoms with E-state index in [2.05, 4.69) is 92.0 Å². The number of aliphatic hydroxyl groups excluding tert-OH is 4. The Bertz CT molecular complexity index is 4710. The van der Waals surface area contributed by atoms with Crippen molar-refractivity contribution in [3.05, 3.63) is 180 Å². The van der Waals surface area contributed by atoms with E-state index < -0.39 is 51.5 Å². The molecule has 0 amide bonds. The molecule has 3 aliphatic carbocycles. The van der Waals surface area contributed by atoms with Crippen molar-refractivity contribution in [2.75, 3.05) is 30.5 Å². The van der Waals surface area contributed by atoms with Crippen molar-refractivity contribution in [3.63, 3.8) is 0 Å². The van der Waals surface area contributed by atoms with E-state index in [9.17, 15) is 40.9 Å². The first-order valence-corrected chi connectivity index (χ1v) is 44.2. The third-order valence-corrected chi connectivity index (χ3v) is 33.1. The fourth-order valence-corrected chi connectivity index (χ4v) is 28.7. The van der Waals surface area contributed by atoms with E-state index in [0.717, 1.165) is 93.1 Å². The van der Waals surface area contributed by atoms with Gasteiger partial charge in [-0.2, -0.15) is 0 Å². The molecule has 534 valence electrons. The predicted octanol–water partition coefficient (Wildman–Crippen LogP) is 16.7. The van der Waals surface area contributed by atoms with E-state index in [1.54, 1.807) is 43.2 Å². The maximum Gasteiger partial charge on any atom is 0.238 e. The summed E-state index contributed by atoms with van der Waals surface area (Å²) in [6.45, 7) is 4.06. The highest BCUT2D eigenvalue weighted by molar-refractivity contribution is 8.77. The highest BCUT2D eigenvalue weighted by Crippen LogP contribution is 2.65. The largest absolute Gasteiger partial charge is 0.508 e. The van der Waals surface area contributed by atoms with E-state index in [1.165, 1.54) is 11.6 Å². The lowest BCUT2D eigenvalue weighted by Crippen LogP contribution is -2.50. The maximum absolute atomic E-state index is 16.4. The van der Waals surface area contributed by atoms with Crippen molar-refractivity contribution in [3.8, 4) is 51.2 Å². The quantitative estimate of drug-likeness (QED) is 0.0676. The number of phenolic OH excluding ortho intramolecular Hbond substituents is 3. The molecule has 19 heteroatoms. The zero-order chi connectivity index (χ0) is 70.0. The number of carbonyl (C=O) groups excluding carboxylic acids is 1. The molecule has 12 unspecified atom stereocenters. The Morgan fingerprint density at radius 1 is 0.725 bits per heavy atom. The third-order valence-electron chi connectivity index (χ3n) is 24.7. The number of piperidine rings is 1. The number of aliphatic hydroxyl groups is 4. The standard InChI is InChI=1S/C83H89NO12S6/c1-42(2)26-51-32-56-60-40-100-101-68-33-50-29-43-10-6-12-45(27-43)59(39-98-99-41-62(50)84-74(68)48-13-7-11-44(28-48)30-55(60)75(51)90)80(93)82(21-4-3-5-22-82)52-18-16-49(64(88)34-52)38-83-61-19-17-47-31-46(14-8-23-85)53(20-24-86)54-35-57-70(72(61)69(47)54)58(81(83)94)36-66(63(87)15-9-25-97-102-83)95-79-71(57)65(89)37-67-73(79)76(91)77(92)78(56)96-67/h6-7,10-13,16-19,27-28,32,34-35,37,42,46,50,53,58-59,62-63,66,68,74,81,84-90,92,94H,3-5,8-9,14-15,20-26,29-31,33,36,38-41H2,1-2H3. The molecular weight excluding hydrogens is 1400 g/mol. The van der Waals surface area contributed by atoms with Crippen LogP contribution in [-0.2, 0) is 52.8 Å². The summed E-state index contributed by atoms with van der Waals surface area (Å²) in [5.74, 6) is 0.580. The average Bonchev–Trinajstić information content (AvgIpc) is 0.714. The van der Waals surface area contributed by atoms with Crippen molar-refractivity contribution in [2.45, 2.75) is 192 Å². The molecule has 14 aliphatic rings. The lowest BCUT2D eigenvalue weighted by atomic mass is 9.62. The van der Waals surface area contributed by atoms with Crippen LogP contribution in [-0.4, -0.2) is 107 Å². The fourth-order valence-electron chi connectivity index (χ4n) is 19.8. The molecule has 2 saturated heterocycles. The van der Waals surface area contributed by atoms with Crippen LogP contribution in [0.5, 0.6) is 28.7 Å². The number of hydrogen-bond acceptors (Lipinski definition) is 19. The van der Waals surface area contributed by atoms with Crippen LogP contribution in [0, 0.1) is 17.8 Å². The van der Waals surface area contributed by atoms with Gasteiger partial charge in [0, 0.05) is 83.1 Å². The molecule has 13 nitrogen and oxygen atoms in total. The molecule has 2 spiro atoms. The van der Waals surface area contributed by atoms with Gasteiger partial charge in [-0.15, -0.1) is 0 Å². The molecular formula is C83H89NO12S6. The van der Waals surface area contributed by atoms with E-state index in [1.807, 2.05) is 39.8 Å². The summed E-state index contributed by atoms with van der Waals surface area (Å²) in [7, 11) is 10.4. The second-order valence-corrected chi connectivity index (χ2v) is 39.0. The third kappa shape index (κ3) is 11.8. The molecule has 7 aromatic carbocycles. The van der Waals surface area contributed by atoms with Gasteiger partial charge in [0.15, 0.2) is 11.5 Å². The summed E-state index contributed by atoms with van der Waals surface area (Å²) >= 11 is 0. The van der Waals surface area contributed by atoms with E-state index in [0.29, 0.717) is 115 Å². The topological polar surface area (TPSA) is 230 Å². The van der Waals surface area contributed by atoms with Crippen LogP contribution in [0.3, 0.4) is 0 Å². The first kappa shape index (κ1) is 69.6. The number of nitrogens with one attached hydrogen (secondary N) is 1. The Hall–Kier alpha value is -5.42. The summed E-state index contributed by atoms with van der Waals surface area (Å²) in [5, 5.41) is 107. The average molecular weight is 1490 g/mol. The Kier molecular flexibility index (Phi) is 19.1. The number of ketones is 1. The van der Waals surface area contributed by atoms with Crippen LogP contribution < -0.4 is 15.5 Å². The minimum Gasteiger partial charge on any atom is -0.508 e. The summed E-state index contributed by atoms with van der Waals surface area (Å²) < 4.78 is 13.2. The smallest absolute Gasteiger partial charge is 0.238 e. The van der Waals surface area contributed by atoms with Crippen LogP contribution in [0.2, 0.25) is 0 Å². The highest BCUT2D eigenvalue weighted by atomic mass is 33.1. The van der Waals surface area contributed by atoms with Crippen LogP contribution in [0.25, 0.3) is 44.2 Å². The fraction of sp³-hybridized carbons (Fsp3) is 0.470. The van der Waals surface area contributed by atoms with Crippen LogP contribution in [0.15, 0.2) is 106 Å². The number of aromatic hydroxyl groups is 4. The van der Waals surface area contributed by atoms with Gasteiger partial charge in [-0.1, -0.05) is 171 Å². The minimum absolute atomic E-state index is 0.000782. The Morgan fingerprint density at radius 2 is 1.53 bits per heavy atom. The monoisotopic (exact) mass is 1480 g/mol. The zero-order valence-corrected chi connectivity index (χ0v) is 62.5. The molecule has 3 fully saturated rings. The molecule has 9 N–H and O–H groups in total. The Labute approximate surface area is 619 Å². The van der Waals surface area contributed by atoms with Crippen LogP contribution >= 0.6 is 64.8 Å². The van der Waals surface area contributed by atoms with Gasteiger partial charge < -0.3 is 55.3 Å². The summed E-state index contributed by atoms with van der Waals surface area (Å²) in [4.78, 5) is 32.5. The molecule has 0 radical (unpaired) electrons. The summed E-state index contributed by atoms with van der Waals surface area (Å²) in [6.07, 6.45) is 6.61. The van der Waals surface area contributed by atoms with Crippen molar-refractivity contribution in [2.24, 2.45) is 17.8 Å². The number of carbonyl (C=O) groups is 1. The second-order valence-electron chi connectivity index (χ2n) is 31.1. The van der Waals surface area contributed by atoms with Crippen molar-refractivity contribution >= 4 is 92.3 Å². The van der Waals surface area contributed by atoms with Gasteiger partial charge in [-0.3, -0.25) is 9.59 Å². The molecule has 1 aromatic heterocycles. The van der Waals surface area contributed by atoms with Crippen LogP contribution in [0.4, 0.5) is 0 Å². The van der Waals surface area contributed by atoms with E-state index >= 15 is 9.59 Å². The predicted molar refractivity (Wildman–Crippen MR) is 416 cm³/mol. The summed E-state index contributed by atoms with van der Waals surface area (Å²) in [6, 6.07) is 33.3. The Morgan fingerprint density at radius 3 is 2.34 bits per heavy atom. The van der Waals surface area contributed by atoms with Gasteiger partial charge in [0.2, 0.25) is 11.2 Å². The highest BCUT2D eigenvalue weighted by Gasteiger charge is 2.55. The van der Waals surface area contributed by atoms with Gasteiger partial charge in [-0.25, -0.2) is 0 Å². The number of Topliss-reactive ketones (excluding diaryl/α,β-unsaturated/α-hetero) is 1. The van der Waals surface area contributed by atoms with Gasteiger partial charge in [0.1, 0.15) is 40.1 Å². The molecule has 11 aliphatic heterocycles. The van der Waals surface area contributed by atoms with Crippen molar-refractivity contribution < 1.29 is 54.8 Å². The number of rotatable bonds is 7. The van der Waals surface area contributed by atoms with Gasteiger partial charge in [0.25, 0.3) is 0 Å².